The number of ether oxygens (including phenoxy) is 6. The van der Waals surface area contributed by atoms with Gasteiger partial charge < -0.3 is 39.5 Å². The van der Waals surface area contributed by atoms with Crippen molar-refractivity contribution >= 4 is 80.5 Å². The number of amides is 1. The number of halogens is 19. The first kappa shape index (κ1) is 59.0. The van der Waals surface area contributed by atoms with E-state index < -0.39 is 93.1 Å². The number of aromatic nitrogens is 2. The average Bonchev–Trinajstić information content (AvgIpc) is 3.25. The molecule has 73 heavy (non-hydrogen) atoms. The van der Waals surface area contributed by atoms with Crippen LogP contribution in [-0.4, -0.2) is 48.1 Å². The van der Waals surface area contributed by atoms with E-state index in [1.807, 2.05) is 0 Å². The molecule has 0 radical (unpaired) electrons. The minimum Gasteiger partial charge on any atom is -0.493 e. The molecule has 0 spiro atoms. The molecular weight excluding hydrogens is 1130 g/mol. The Hall–Kier alpha value is -6.61. The van der Waals surface area contributed by atoms with E-state index in [2.05, 4.69) is 24.8 Å². The van der Waals surface area contributed by atoms with Crippen LogP contribution >= 0.6 is 58.0 Å². The first-order valence-corrected chi connectivity index (χ1v) is 20.5. The van der Waals surface area contributed by atoms with Crippen LogP contribution in [0.5, 0.6) is 46.0 Å². The lowest BCUT2D eigenvalue weighted by Gasteiger charge is -2.18. The second kappa shape index (κ2) is 24.0. The van der Waals surface area contributed by atoms with E-state index in [1.165, 1.54) is 12.3 Å². The van der Waals surface area contributed by atoms with Crippen LogP contribution in [0, 0.1) is 11.6 Å². The van der Waals surface area contributed by atoms with E-state index in [4.69, 9.17) is 82.7 Å². The number of nitrogens with zero attached hydrogens (tertiary/aromatic N) is 2. The second-order valence-corrected chi connectivity index (χ2v) is 15.2. The van der Waals surface area contributed by atoms with Crippen LogP contribution in [0.2, 0.25) is 20.4 Å². The van der Waals surface area contributed by atoms with E-state index in [0.29, 0.717) is 40.1 Å². The molecule has 0 aliphatic heterocycles. The molecule has 392 valence electrons. The number of benzene rings is 4. The first-order valence-electron chi connectivity index (χ1n) is 18.6. The van der Waals surface area contributed by atoms with Crippen molar-refractivity contribution in [3.8, 4) is 46.0 Å². The molecule has 6 aromatic rings. The summed E-state index contributed by atoms with van der Waals surface area (Å²) in [5, 5.41) is 1.03. The molecule has 3 N–H and O–H groups in total. The molecule has 12 nitrogen and oxygen atoms in total. The molecule has 2 aromatic heterocycles. The summed E-state index contributed by atoms with van der Waals surface area (Å²) >= 11 is 27.8. The SMILES string of the molecule is COc1cc(OC(F)(F)F)ccc1Oc1ccc(C(F)(F)F)c(F)c1C(=O)Cl.COc1cc(OC(F)(F)F)ccc1Oc1ccc(C(F)(F)F)c(F)c1C(=O)Nc1cc(Cl)ncc1Cl.Nc1cc(Cl)ncc1Cl. The zero-order valence-corrected chi connectivity index (χ0v) is 39.3. The summed E-state index contributed by atoms with van der Waals surface area (Å²) in [6.07, 6.45) is -17.8. The molecule has 1 amide bonds. The fraction of sp³-hybridized carbons (Fsp3) is 0.143. The molecule has 0 fully saturated rings. The lowest BCUT2D eigenvalue weighted by atomic mass is 10.1. The van der Waals surface area contributed by atoms with Crippen molar-refractivity contribution in [1.29, 1.82) is 0 Å². The van der Waals surface area contributed by atoms with Crippen molar-refractivity contribution in [3.05, 3.63) is 139 Å². The molecular formula is C42H23Cl5F14N4O8. The number of alkyl halides is 12. The number of carbonyl (C=O) groups is 2. The Morgan fingerprint density at radius 3 is 1.33 bits per heavy atom. The third-order valence-electron chi connectivity index (χ3n) is 8.34. The Bertz CT molecular complexity index is 2980. The molecule has 6 rings (SSSR count). The first-order chi connectivity index (χ1) is 33.7. The van der Waals surface area contributed by atoms with Crippen LogP contribution in [-0.2, 0) is 12.4 Å². The fourth-order valence-electron chi connectivity index (χ4n) is 5.34. The van der Waals surface area contributed by atoms with Gasteiger partial charge in [0.1, 0.15) is 44.4 Å². The predicted octanol–water partition coefficient (Wildman–Crippen LogP) is 15.4. The van der Waals surface area contributed by atoms with E-state index >= 15 is 0 Å². The molecule has 0 saturated carbocycles. The highest BCUT2D eigenvalue weighted by Gasteiger charge is 2.39. The lowest BCUT2D eigenvalue weighted by molar-refractivity contribution is -0.275. The van der Waals surface area contributed by atoms with Gasteiger partial charge in [0.05, 0.1) is 46.8 Å². The lowest BCUT2D eigenvalue weighted by Crippen LogP contribution is -2.19. The predicted molar refractivity (Wildman–Crippen MR) is 233 cm³/mol. The van der Waals surface area contributed by atoms with Crippen molar-refractivity contribution < 1.29 is 99.5 Å². The number of anilines is 2. The molecule has 0 saturated heterocycles. The summed E-state index contributed by atoms with van der Waals surface area (Å²) in [6, 6.07) is 9.50. The summed E-state index contributed by atoms with van der Waals surface area (Å²) in [4.78, 5) is 31.6. The van der Waals surface area contributed by atoms with Crippen LogP contribution in [0.4, 0.5) is 72.8 Å². The Morgan fingerprint density at radius 2 is 0.945 bits per heavy atom. The Balaban J connectivity index is 0.000000275. The monoisotopic (exact) mass is 1150 g/mol. The zero-order valence-electron chi connectivity index (χ0n) is 35.5. The number of methoxy groups -OCH3 is 2. The number of nitrogen functional groups attached to an aromatic ring is 1. The summed E-state index contributed by atoms with van der Waals surface area (Å²) in [7, 11) is 2.11. The van der Waals surface area contributed by atoms with Gasteiger partial charge in [-0.1, -0.05) is 46.4 Å². The minimum atomic E-state index is -5.18. The molecule has 0 atom stereocenters. The maximum absolute atomic E-state index is 15.0. The summed E-state index contributed by atoms with van der Waals surface area (Å²) in [5.74, 6) is -9.57. The highest BCUT2D eigenvalue weighted by molar-refractivity contribution is 6.68. The number of rotatable bonds is 11. The Kier molecular flexibility index (Phi) is 19.3. The summed E-state index contributed by atoms with van der Waals surface area (Å²) < 4.78 is 209. The summed E-state index contributed by atoms with van der Waals surface area (Å²) in [6.45, 7) is 0. The van der Waals surface area contributed by atoms with Gasteiger partial charge in [-0.15, -0.1) is 26.3 Å². The number of carbonyl (C=O) groups excluding carboxylic acids is 2. The van der Waals surface area contributed by atoms with Crippen molar-refractivity contribution in [1.82, 2.24) is 9.97 Å². The van der Waals surface area contributed by atoms with Crippen molar-refractivity contribution in [3.63, 3.8) is 0 Å². The van der Waals surface area contributed by atoms with Gasteiger partial charge in [-0.25, -0.2) is 18.7 Å². The zero-order chi connectivity index (χ0) is 55.0. The van der Waals surface area contributed by atoms with E-state index in [9.17, 15) is 71.1 Å². The van der Waals surface area contributed by atoms with E-state index in [0.717, 1.165) is 62.9 Å². The van der Waals surface area contributed by atoms with E-state index in [-0.39, 0.29) is 38.9 Å². The largest absolute Gasteiger partial charge is 0.573 e. The number of nitrogens with one attached hydrogen (secondary N) is 1. The smallest absolute Gasteiger partial charge is 0.493 e. The standard InChI is InChI=1S/C21H11Cl2F7N2O4.C16H8ClF7O4.C5H4Cl2N2/c1-34-15-6-9(36-21(28,29)30)2-4-13(15)35-14-5-3-10(20(25,26)27)18(24)17(14)19(33)32-12-7-16(23)31-8-11(12)22;1-26-11-6-7(28-16(22,23)24)2-4-9(11)27-10-5-3-8(15(19,20)21)13(18)12(10)14(17)25;6-3-2-9-5(7)1-4(3)8/h2-8H,1H3,(H,31,32,33);2-6H,1H3;1-2H,(H2,8,9). The van der Waals surface area contributed by atoms with Gasteiger partial charge in [0, 0.05) is 30.6 Å². The molecule has 4 aromatic carbocycles. The highest BCUT2D eigenvalue weighted by atomic mass is 35.5. The van der Waals surface area contributed by atoms with Crippen LogP contribution in [0.25, 0.3) is 0 Å². The van der Waals surface area contributed by atoms with Gasteiger partial charge in [-0.2, -0.15) is 26.3 Å². The van der Waals surface area contributed by atoms with Gasteiger partial charge in [0.2, 0.25) is 0 Å². The normalized spacial score (nSPS) is 11.5. The van der Waals surface area contributed by atoms with Crippen molar-refractivity contribution in [2.75, 3.05) is 25.3 Å². The molecule has 0 aliphatic rings. The number of hydrogen-bond donors (Lipinski definition) is 2. The van der Waals surface area contributed by atoms with Crippen LogP contribution < -0.4 is 39.5 Å². The molecule has 0 unspecified atom stereocenters. The summed E-state index contributed by atoms with van der Waals surface area (Å²) in [5.41, 5.74) is -0.291. The number of nitrogens with two attached hydrogens (primary N) is 1. The maximum Gasteiger partial charge on any atom is 0.573 e. The molecule has 31 heteroatoms. The third-order valence-corrected chi connectivity index (χ3v) is 9.56. The third kappa shape index (κ3) is 16.7. The Morgan fingerprint density at radius 1 is 0.548 bits per heavy atom. The fourth-order valence-corrected chi connectivity index (χ4v) is 6.09. The quantitative estimate of drug-likeness (QED) is 0.0724. The van der Waals surface area contributed by atoms with Crippen molar-refractivity contribution in [2.45, 2.75) is 25.1 Å². The van der Waals surface area contributed by atoms with Crippen LogP contribution in [0.1, 0.15) is 31.8 Å². The van der Waals surface area contributed by atoms with Gasteiger partial charge in [0.25, 0.3) is 11.1 Å². The highest BCUT2D eigenvalue weighted by Crippen LogP contribution is 2.43. The van der Waals surface area contributed by atoms with Gasteiger partial charge in [-0.05, 0) is 66.2 Å². The maximum atomic E-state index is 15.0. The molecule has 0 bridgehead atoms. The van der Waals surface area contributed by atoms with Crippen LogP contribution in [0.15, 0.2) is 85.2 Å². The number of hydrogen-bond acceptors (Lipinski definition) is 11. The van der Waals surface area contributed by atoms with Crippen LogP contribution in [0.3, 0.4) is 0 Å². The van der Waals surface area contributed by atoms with Crippen molar-refractivity contribution in [2.24, 2.45) is 0 Å². The minimum absolute atomic E-state index is 0.137. The topological polar surface area (TPSA) is 153 Å². The number of pyridine rings is 2. The van der Waals surface area contributed by atoms with E-state index in [1.54, 1.807) is 0 Å². The average molecular weight is 1150 g/mol. The Labute approximate surface area is 424 Å². The van der Waals surface area contributed by atoms with Gasteiger partial charge in [-0.3, -0.25) is 9.59 Å². The van der Waals surface area contributed by atoms with Gasteiger partial charge >= 0.3 is 25.1 Å². The van der Waals surface area contributed by atoms with Gasteiger partial charge in [0.15, 0.2) is 34.6 Å². The molecule has 0 aliphatic carbocycles. The molecule has 2 heterocycles. The second-order valence-electron chi connectivity index (χ2n) is 13.3.